The lowest BCUT2D eigenvalue weighted by Gasteiger charge is -2.14. The number of carbonyl (C=O) groups is 1. The zero-order valence-corrected chi connectivity index (χ0v) is 8.76. The number of hydrogen-bond donors (Lipinski definition) is 1. The topological polar surface area (TPSA) is 49.8 Å². The normalized spacial score (nSPS) is 10.9. The molecule has 0 fully saturated rings. The van der Waals surface area contributed by atoms with Crippen LogP contribution in [0.4, 0.5) is 0 Å². The summed E-state index contributed by atoms with van der Waals surface area (Å²) in [6.07, 6.45) is 7.57. The van der Waals surface area contributed by atoms with Crippen LogP contribution in [0.25, 0.3) is 0 Å². The molecule has 0 heterocycles. The highest BCUT2D eigenvalue weighted by Crippen LogP contribution is 2.06. The molecular weight excluding hydrogens is 194 g/mol. The molecule has 0 aliphatic heterocycles. The Balaban J connectivity index is 3.84. The van der Waals surface area contributed by atoms with Crippen LogP contribution in [0.3, 0.4) is 0 Å². The Kier molecular flexibility index (Phi) is 8.33. The SMILES string of the molecule is C=C/C=C(\C=C)CCCN(C=O)COO. The Labute approximate surface area is 90.1 Å². The minimum absolute atomic E-state index is 0.0991. The first-order valence-corrected chi connectivity index (χ1v) is 4.68. The van der Waals surface area contributed by atoms with Crippen LogP contribution in [0, 0.1) is 0 Å². The van der Waals surface area contributed by atoms with Crippen molar-refractivity contribution in [2.24, 2.45) is 0 Å². The van der Waals surface area contributed by atoms with Crippen molar-refractivity contribution in [1.29, 1.82) is 0 Å². The number of carbonyl (C=O) groups excluding carboxylic acids is 1. The summed E-state index contributed by atoms with van der Waals surface area (Å²) in [5, 5.41) is 8.17. The van der Waals surface area contributed by atoms with Crippen LogP contribution in [0.1, 0.15) is 12.8 Å². The predicted molar refractivity (Wildman–Crippen MR) is 59.1 cm³/mol. The van der Waals surface area contributed by atoms with Gasteiger partial charge in [0.25, 0.3) is 0 Å². The van der Waals surface area contributed by atoms with Gasteiger partial charge in [-0.15, -0.1) is 0 Å². The van der Waals surface area contributed by atoms with Crippen LogP contribution in [0.2, 0.25) is 0 Å². The van der Waals surface area contributed by atoms with Crippen molar-refractivity contribution >= 4 is 6.41 Å². The molecule has 0 aliphatic rings. The molecule has 0 atom stereocenters. The van der Waals surface area contributed by atoms with Crippen molar-refractivity contribution in [1.82, 2.24) is 4.90 Å². The first-order valence-electron chi connectivity index (χ1n) is 4.68. The molecule has 0 unspecified atom stereocenters. The lowest BCUT2D eigenvalue weighted by molar-refractivity contribution is -0.265. The number of amides is 1. The van der Waals surface area contributed by atoms with E-state index in [1.807, 2.05) is 6.08 Å². The van der Waals surface area contributed by atoms with Crippen LogP contribution >= 0.6 is 0 Å². The zero-order chi connectivity index (χ0) is 11.5. The van der Waals surface area contributed by atoms with Crippen LogP contribution < -0.4 is 0 Å². The Bertz CT molecular complexity index is 236. The van der Waals surface area contributed by atoms with E-state index in [4.69, 9.17) is 5.26 Å². The highest BCUT2D eigenvalue weighted by molar-refractivity contribution is 5.46. The summed E-state index contributed by atoms with van der Waals surface area (Å²) in [6.45, 7) is 7.70. The van der Waals surface area contributed by atoms with Gasteiger partial charge in [-0.2, -0.15) is 0 Å². The molecule has 1 amide bonds. The molecule has 4 nitrogen and oxygen atoms in total. The third-order valence-electron chi connectivity index (χ3n) is 1.88. The standard InChI is InChI=1S/C11H17NO3/c1-3-6-11(4-2)7-5-8-12(9-13)10-15-14/h3-4,6,9,14H,1-2,5,7-8,10H2/b11-6+. The van der Waals surface area contributed by atoms with Gasteiger partial charge in [0.1, 0.15) is 0 Å². The number of rotatable bonds is 9. The van der Waals surface area contributed by atoms with Crippen molar-refractivity contribution in [3.63, 3.8) is 0 Å². The van der Waals surface area contributed by atoms with Crippen LogP contribution in [0.15, 0.2) is 37.0 Å². The van der Waals surface area contributed by atoms with E-state index < -0.39 is 0 Å². The fourth-order valence-electron chi connectivity index (χ4n) is 1.11. The maximum Gasteiger partial charge on any atom is 0.211 e. The fraction of sp³-hybridized carbons (Fsp3) is 0.364. The third kappa shape index (κ3) is 6.65. The van der Waals surface area contributed by atoms with E-state index >= 15 is 0 Å². The Morgan fingerprint density at radius 2 is 2.20 bits per heavy atom. The Morgan fingerprint density at radius 3 is 2.67 bits per heavy atom. The van der Waals surface area contributed by atoms with Crippen molar-refractivity contribution in [3.05, 3.63) is 37.0 Å². The molecule has 0 saturated heterocycles. The van der Waals surface area contributed by atoms with Crippen LogP contribution in [-0.2, 0) is 9.68 Å². The summed E-state index contributed by atoms with van der Waals surface area (Å²) >= 11 is 0. The summed E-state index contributed by atoms with van der Waals surface area (Å²) in [7, 11) is 0. The monoisotopic (exact) mass is 211 g/mol. The second-order valence-corrected chi connectivity index (χ2v) is 2.96. The molecule has 4 heteroatoms. The zero-order valence-electron chi connectivity index (χ0n) is 8.76. The Morgan fingerprint density at radius 1 is 1.47 bits per heavy atom. The summed E-state index contributed by atoms with van der Waals surface area (Å²) in [6, 6.07) is 0. The molecule has 0 radical (unpaired) electrons. The average Bonchev–Trinajstić information content (AvgIpc) is 2.26. The van der Waals surface area contributed by atoms with Gasteiger partial charge < -0.3 is 4.90 Å². The van der Waals surface area contributed by atoms with Crippen LogP contribution in [-0.4, -0.2) is 29.8 Å². The lowest BCUT2D eigenvalue weighted by atomic mass is 10.1. The molecule has 1 N–H and O–H groups in total. The smallest absolute Gasteiger partial charge is 0.211 e. The van der Waals surface area contributed by atoms with Gasteiger partial charge >= 0.3 is 0 Å². The van der Waals surface area contributed by atoms with Gasteiger partial charge in [0.15, 0.2) is 6.73 Å². The number of nitrogens with zero attached hydrogens (tertiary/aromatic N) is 1. The molecular formula is C11H17NO3. The van der Waals surface area contributed by atoms with Gasteiger partial charge in [-0.3, -0.25) is 4.79 Å². The van der Waals surface area contributed by atoms with Crippen molar-refractivity contribution < 1.29 is 14.9 Å². The maximum atomic E-state index is 10.4. The number of hydrogen-bond acceptors (Lipinski definition) is 3. The average molecular weight is 211 g/mol. The molecule has 15 heavy (non-hydrogen) atoms. The van der Waals surface area contributed by atoms with Gasteiger partial charge in [-0.05, 0) is 18.4 Å². The van der Waals surface area contributed by atoms with E-state index in [0.29, 0.717) is 13.0 Å². The Hall–Kier alpha value is -1.39. The first-order chi connectivity index (χ1) is 7.28. The third-order valence-corrected chi connectivity index (χ3v) is 1.88. The van der Waals surface area contributed by atoms with Crippen molar-refractivity contribution in [2.75, 3.05) is 13.3 Å². The quantitative estimate of drug-likeness (QED) is 0.208. The maximum absolute atomic E-state index is 10.4. The molecule has 0 bridgehead atoms. The van der Waals surface area contributed by atoms with Gasteiger partial charge in [0.05, 0.1) is 0 Å². The second kappa shape index (κ2) is 9.18. The molecule has 0 aromatic rings. The summed E-state index contributed by atoms with van der Waals surface area (Å²) < 4.78 is 0. The van der Waals surface area contributed by atoms with E-state index in [2.05, 4.69) is 18.0 Å². The lowest BCUT2D eigenvalue weighted by Crippen LogP contribution is -2.25. The van der Waals surface area contributed by atoms with E-state index in [9.17, 15) is 4.79 Å². The molecule has 84 valence electrons. The predicted octanol–water partition coefficient (Wildman–Crippen LogP) is 1.97. The van der Waals surface area contributed by atoms with Gasteiger partial charge in [-0.25, -0.2) is 10.1 Å². The van der Waals surface area contributed by atoms with E-state index in [-0.39, 0.29) is 6.73 Å². The molecule has 0 aliphatic carbocycles. The fourth-order valence-corrected chi connectivity index (χ4v) is 1.11. The highest BCUT2D eigenvalue weighted by atomic mass is 17.1. The van der Waals surface area contributed by atoms with Gasteiger partial charge in [0.2, 0.25) is 6.41 Å². The van der Waals surface area contributed by atoms with Crippen molar-refractivity contribution in [2.45, 2.75) is 12.8 Å². The van der Waals surface area contributed by atoms with Gasteiger partial charge in [-0.1, -0.05) is 31.4 Å². The summed E-state index contributed by atoms with van der Waals surface area (Å²) in [5.74, 6) is 0. The van der Waals surface area contributed by atoms with Crippen LogP contribution in [0.5, 0.6) is 0 Å². The summed E-state index contributed by atoms with van der Waals surface area (Å²) in [5.41, 5.74) is 1.07. The minimum atomic E-state index is -0.0991. The molecule has 0 saturated carbocycles. The highest BCUT2D eigenvalue weighted by Gasteiger charge is 2.00. The van der Waals surface area contributed by atoms with E-state index in [1.165, 1.54) is 4.90 Å². The number of allylic oxidation sites excluding steroid dienone is 4. The molecule has 0 aromatic heterocycles. The molecule has 0 aromatic carbocycles. The van der Waals surface area contributed by atoms with Crippen molar-refractivity contribution in [3.8, 4) is 0 Å². The van der Waals surface area contributed by atoms with E-state index in [1.54, 1.807) is 12.2 Å². The largest absolute Gasteiger partial charge is 0.319 e. The minimum Gasteiger partial charge on any atom is -0.319 e. The molecule has 0 rings (SSSR count). The summed E-state index contributed by atoms with van der Waals surface area (Å²) in [4.78, 5) is 15.7. The molecule has 0 spiro atoms. The first kappa shape index (κ1) is 13.6. The van der Waals surface area contributed by atoms with Gasteiger partial charge in [0, 0.05) is 6.54 Å². The second-order valence-electron chi connectivity index (χ2n) is 2.96. The van der Waals surface area contributed by atoms with E-state index in [0.717, 1.165) is 18.4 Å².